The molecule has 0 atom stereocenters. The Balaban J connectivity index is 1.86. The van der Waals surface area contributed by atoms with Crippen molar-refractivity contribution in [2.75, 3.05) is 33.3 Å². The maximum Gasteiger partial charge on any atom is 0.410 e. The summed E-state index contributed by atoms with van der Waals surface area (Å²) in [5.74, 6) is 0.912. The van der Waals surface area contributed by atoms with E-state index in [4.69, 9.17) is 9.47 Å². The molecule has 5 nitrogen and oxygen atoms in total. The number of ether oxygens (including phenoxy) is 2. The van der Waals surface area contributed by atoms with E-state index < -0.39 is 5.60 Å². The van der Waals surface area contributed by atoms with Crippen LogP contribution in [0.15, 0.2) is 18.2 Å². The summed E-state index contributed by atoms with van der Waals surface area (Å²) in [5.41, 5.74) is 0.791. The number of hydrogen-bond donors (Lipinski definition) is 0. The lowest BCUT2D eigenvalue weighted by Gasteiger charge is -2.35. The van der Waals surface area contributed by atoms with Crippen LogP contribution in [-0.4, -0.2) is 54.8 Å². The lowest BCUT2D eigenvalue weighted by molar-refractivity contribution is 0.0139. The Bertz CT molecular complexity index is 549. The van der Waals surface area contributed by atoms with Crippen molar-refractivity contribution in [3.05, 3.63) is 27.3 Å². The molecule has 6 heteroatoms. The van der Waals surface area contributed by atoms with Crippen LogP contribution in [0.25, 0.3) is 0 Å². The van der Waals surface area contributed by atoms with E-state index in [1.54, 1.807) is 12.0 Å². The predicted molar refractivity (Wildman–Crippen MR) is 98.8 cm³/mol. The fourth-order valence-corrected chi connectivity index (χ4v) is 3.03. The van der Waals surface area contributed by atoms with Gasteiger partial charge in [0.25, 0.3) is 0 Å². The van der Waals surface area contributed by atoms with Gasteiger partial charge >= 0.3 is 6.09 Å². The van der Waals surface area contributed by atoms with Gasteiger partial charge in [-0.3, -0.25) is 4.90 Å². The highest BCUT2D eigenvalue weighted by Crippen LogP contribution is 2.23. The molecule has 1 aliphatic rings. The Kier molecular flexibility index (Phi) is 6.13. The van der Waals surface area contributed by atoms with Gasteiger partial charge in [0.2, 0.25) is 0 Å². The van der Waals surface area contributed by atoms with Crippen molar-refractivity contribution >= 4 is 28.7 Å². The Morgan fingerprint density at radius 1 is 1.22 bits per heavy atom. The summed E-state index contributed by atoms with van der Waals surface area (Å²) in [5, 5.41) is 0. The average molecular weight is 432 g/mol. The average Bonchev–Trinajstić information content (AvgIpc) is 2.48. The zero-order valence-corrected chi connectivity index (χ0v) is 16.4. The van der Waals surface area contributed by atoms with Crippen LogP contribution in [0.2, 0.25) is 0 Å². The summed E-state index contributed by atoms with van der Waals surface area (Å²) in [7, 11) is 1.70. The number of carbonyl (C=O) groups excluding carboxylic acids is 1. The number of amides is 1. The zero-order valence-electron chi connectivity index (χ0n) is 14.3. The molecule has 128 valence electrons. The Labute approximate surface area is 152 Å². The smallest absolute Gasteiger partial charge is 0.410 e. The van der Waals surface area contributed by atoms with Gasteiger partial charge in [0, 0.05) is 32.7 Å². The summed E-state index contributed by atoms with van der Waals surface area (Å²) in [6.07, 6.45) is -0.215. The van der Waals surface area contributed by atoms with Gasteiger partial charge in [-0.15, -0.1) is 0 Å². The quantitative estimate of drug-likeness (QED) is 0.688. The standard InChI is InChI=1S/C17H25IN2O3/c1-17(2,3)23-16(21)20-9-7-19(8-10-20)12-13-5-6-14(18)15(11-13)22-4/h5-6,11H,7-10,12H2,1-4H3. The maximum absolute atomic E-state index is 12.1. The van der Waals surface area contributed by atoms with E-state index in [1.165, 1.54) is 5.56 Å². The molecule has 1 aromatic rings. The Morgan fingerprint density at radius 2 is 1.87 bits per heavy atom. The summed E-state index contributed by atoms with van der Waals surface area (Å²) in [6.45, 7) is 9.67. The van der Waals surface area contributed by atoms with Crippen LogP contribution in [0.3, 0.4) is 0 Å². The molecule has 1 saturated heterocycles. The first-order chi connectivity index (χ1) is 10.8. The molecule has 0 aliphatic carbocycles. The minimum atomic E-state index is -0.439. The summed E-state index contributed by atoms with van der Waals surface area (Å²) < 4.78 is 11.9. The van der Waals surface area contributed by atoms with Gasteiger partial charge < -0.3 is 14.4 Å². The van der Waals surface area contributed by atoms with Crippen LogP contribution in [0, 0.1) is 3.57 Å². The fourth-order valence-electron chi connectivity index (χ4n) is 2.48. The molecule has 0 radical (unpaired) electrons. The molecule has 1 fully saturated rings. The fraction of sp³-hybridized carbons (Fsp3) is 0.588. The van der Waals surface area contributed by atoms with Crippen LogP contribution in [0.4, 0.5) is 4.79 Å². The molecule has 1 heterocycles. The van der Waals surface area contributed by atoms with Crippen LogP contribution in [0.5, 0.6) is 5.75 Å². The normalized spacial score (nSPS) is 16.3. The second-order valence-corrected chi connectivity index (χ2v) is 7.87. The minimum absolute atomic E-state index is 0.215. The third-order valence-corrected chi connectivity index (χ3v) is 4.54. The molecule has 1 aliphatic heterocycles. The first-order valence-corrected chi connectivity index (χ1v) is 8.89. The maximum atomic E-state index is 12.1. The lowest BCUT2D eigenvalue weighted by atomic mass is 10.2. The summed E-state index contributed by atoms with van der Waals surface area (Å²) in [6, 6.07) is 6.29. The van der Waals surface area contributed by atoms with Crippen molar-refractivity contribution in [2.24, 2.45) is 0 Å². The monoisotopic (exact) mass is 432 g/mol. The second-order valence-electron chi connectivity index (χ2n) is 6.71. The molecule has 1 aromatic carbocycles. The number of benzene rings is 1. The van der Waals surface area contributed by atoms with Crippen molar-refractivity contribution in [3.63, 3.8) is 0 Å². The van der Waals surface area contributed by atoms with Crippen LogP contribution in [-0.2, 0) is 11.3 Å². The van der Waals surface area contributed by atoms with Crippen LogP contribution < -0.4 is 4.74 Å². The van der Waals surface area contributed by atoms with E-state index >= 15 is 0 Å². The molecule has 0 unspecified atom stereocenters. The number of rotatable bonds is 3. The highest BCUT2D eigenvalue weighted by molar-refractivity contribution is 14.1. The predicted octanol–water partition coefficient (Wildman–Crippen LogP) is 3.35. The van der Waals surface area contributed by atoms with E-state index in [9.17, 15) is 4.79 Å². The van der Waals surface area contributed by atoms with Gasteiger partial charge in [0.15, 0.2) is 0 Å². The van der Waals surface area contributed by atoms with Crippen LogP contribution >= 0.6 is 22.6 Å². The second kappa shape index (κ2) is 7.70. The number of nitrogens with zero attached hydrogens (tertiary/aromatic N) is 2. The third-order valence-electron chi connectivity index (χ3n) is 3.65. The van der Waals surface area contributed by atoms with E-state index in [2.05, 4.69) is 45.7 Å². The van der Waals surface area contributed by atoms with Gasteiger partial charge in [-0.25, -0.2) is 4.79 Å². The van der Waals surface area contributed by atoms with Crippen molar-refractivity contribution in [1.29, 1.82) is 0 Å². The van der Waals surface area contributed by atoms with Crippen molar-refractivity contribution < 1.29 is 14.3 Å². The van der Waals surface area contributed by atoms with Crippen molar-refractivity contribution in [2.45, 2.75) is 32.9 Å². The number of carbonyl (C=O) groups is 1. The first kappa shape index (κ1) is 18.3. The van der Waals surface area contributed by atoms with E-state index in [0.29, 0.717) is 13.1 Å². The Morgan fingerprint density at radius 3 is 2.43 bits per heavy atom. The number of halogens is 1. The van der Waals surface area contributed by atoms with E-state index in [0.717, 1.165) is 29.0 Å². The van der Waals surface area contributed by atoms with Gasteiger partial charge in [0.1, 0.15) is 11.4 Å². The largest absolute Gasteiger partial charge is 0.496 e. The molecule has 0 bridgehead atoms. The highest BCUT2D eigenvalue weighted by Gasteiger charge is 2.25. The summed E-state index contributed by atoms with van der Waals surface area (Å²) >= 11 is 2.27. The highest BCUT2D eigenvalue weighted by atomic mass is 127. The molecule has 0 saturated carbocycles. The van der Waals surface area contributed by atoms with Crippen molar-refractivity contribution in [1.82, 2.24) is 9.80 Å². The van der Waals surface area contributed by atoms with E-state index in [-0.39, 0.29) is 6.09 Å². The third kappa shape index (κ3) is 5.53. The molecule has 0 N–H and O–H groups in total. The molecule has 1 amide bonds. The zero-order chi connectivity index (χ0) is 17.0. The molecule has 23 heavy (non-hydrogen) atoms. The number of piperazine rings is 1. The van der Waals surface area contributed by atoms with Gasteiger partial charge in [-0.05, 0) is 61.1 Å². The van der Waals surface area contributed by atoms with Gasteiger partial charge in [-0.2, -0.15) is 0 Å². The SMILES string of the molecule is COc1cc(CN2CCN(C(=O)OC(C)(C)C)CC2)ccc1I. The minimum Gasteiger partial charge on any atom is -0.496 e. The van der Waals surface area contributed by atoms with Gasteiger partial charge in [-0.1, -0.05) is 6.07 Å². The number of hydrogen-bond acceptors (Lipinski definition) is 4. The molecule has 0 aromatic heterocycles. The first-order valence-electron chi connectivity index (χ1n) is 7.81. The molecule has 0 spiro atoms. The summed E-state index contributed by atoms with van der Waals surface area (Å²) in [4.78, 5) is 16.2. The Hall–Kier alpha value is -1.02. The van der Waals surface area contributed by atoms with Gasteiger partial charge in [0.05, 0.1) is 10.7 Å². The van der Waals surface area contributed by atoms with E-state index in [1.807, 2.05) is 20.8 Å². The van der Waals surface area contributed by atoms with Crippen molar-refractivity contribution in [3.8, 4) is 5.75 Å². The topological polar surface area (TPSA) is 42.0 Å². The molecular formula is C17H25IN2O3. The van der Waals surface area contributed by atoms with Crippen LogP contribution in [0.1, 0.15) is 26.3 Å². The molecular weight excluding hydrogens is 407 g/mol. The number of methoxy groups -OCH3 is 1. The molecule has 2 rings (SSSR count). The lowest BCUT2D eigenvalue weighted by Crippen LogP contribution is -2.49.